The van der Waals surface area contributed by atoms with Gasteiger partial charge < -0.3 is 15.1 Å². The minimum absolute atomic E-state index is 0.103. The Hall–Kier alpha value is -2.15. The predicted octanol–water partition coefficient (Wildman–Crippen LogP) is 1.25. The zero-order chi connectivity index (χ0) is 14.0. The topological polar surface area (TPSA) is 104 Å². The standard InChI is InChI=1S/C12H14N2O5/c15-6-5-13(9-2-3-9)10-4-1-8(12(16)17)7-11(10)14(18)19/h1,4,7,9,15H,2-3,5-6H2,(H,16,17). The van der Waals surface area contributed by atoms with Crippen molar-refractivity contribution in [2.24, 2.45) is 0 Å². The van der Waals surface area contributed by atoms with Crippen LogP contribution < -0.4 is 4.90 Å². The fourth-order valence-electron chi connectivity index (χ4n) is 2.04. The maximum Gasteiger partial charge on any atom is 0.335 e. The third-order valence-electron chi connectivity index (χ3n) is 3.06. The number of nitro benzene ring substituents is 1. The smallest absolute Gasteiger partial charge is 0.335 e. The van der Waals surface area contributed by atoms with E-state index in [4.69, 9.17) is 10.2 Å². The summed E-state index contributed by atoms with van der Waals surface area (Å²) < 4.78 is 0. The van der Waals surface area contributed by atoms with Gasteiger partial charge in [0.1, 0.15) is 5.69 Å². The molecule has 1 aromatic rings. The maximum atomic E-state index is 11.1. The molecule has 0 bridgehead atoms. The summed E-state index contributed by atoms with van der Waals surface area (Å²) in [6.07, 6.45) is 1.86. The summed E-state index contributed by atoms with van der Waals surface area (Å²) in [5.41, 5.74) is 0.0157. The molecule has 0 amide bonds. The van der Waals surface area contributed by atoms with Crippen LogP contribution in [0.5, 0.6) is 0 Å². The summed E-state index contributed by atoms with van der Waals surface area (Å²) in [6, 6.07) is 4.04. The number of rotatable bonds is 6. The van der Waals surface area contributed by atoms with Crippen molar-refractivity contribution in [1.82, 2.24) is 0 Å². The number of aliphatic hydroxyl groups is 1. The number of hydrogen-bond donors (Lipinski definition) is 2. The number of nitro groups is 1. The van der Waals surface area contributed by atoms with Gasteiger partial charge in [0.05, 0.1) is 17.1 Å². The fourth-order valence-corrected chi connectivity index (χ4v) is 2.04. The molecule has 0 radical (unpaired) electrons. The van der Waals surface area contributed by atoms with Crippen LogP contribution >= 0.6 is 0 Å². The highest BCUT2D eigenvalue weighted by Gasteiger charge is 2.33. The predicted molar refractivity (Wildman–Crippen MR) is 67.5 cm³/mol. The molecule has 1 aromatic carbocycles. The van der Waals surface area contributed by atoms with Crippen LogP contribution in [-0.4, -0.2) is 40.3 Å². The number of carboxylic acid groups (broad SMARTS) is 1. The van der Waals surface area contributed by atoms with E-state index in [2.05, 4.69) is 0 Å². The van der Waals surface area contributed by atoms with E-state index in [1.165, 1.54) is 12.1 Å². The molecule has 1 saturated carbocycles. The van der Waals surface area contributed by atoms with Crippen LogP contribution in [0.4, 0.5) is 11.4 Å². The van der Waals surface area contributed by atoms with Crippen molar-refractivity contribution >= 4 is 17.3 Å². The highest BCUT2D eigenvalue weighted by molar-refractivity contribution is 5.89. The molecule has 1 fully saturated rings. The van der Waals surface area contributed by atoms with Gasteiger partial charge in [-0.05, 0) is 25.0 Å². The second-order valence-electron chi connectivity index (χ2n) is 4.41. The first-order valence-electron chi connectivity index (χ1n) is 5.94. The molecule has 0 atom stereocenters. The second-order valence-corrected chi connectivity index (χ2v) is 4.41. The largest absolute Gasteiger partial charge is 0.478 e. The zero-order valence-corrected chi connectivity index (χ0v) is 10.2. The Balaban J connectivity index is 2.42. The van der Waals surface area contributed by atoms with Gasteiger partial charge in [0.2, 0.25) is 0 Å². The van der Waals surface area contributed by atoms with Crippen molar-refractivity contribution in [3.05, 3.63) is 33.9 Å². The van der Waals surface area contributed by atoms with Gasteiger partial charge in [0.15, 0.2) is 0 Å². The fraction of sp³-hybridized carbons (Fsp3) is 0.417. The first-order chi connectivity index (χ1) is 9.04. The molecule has 1 aliphatic carbocycles. The van der Waals surface area contributed by atoms with Gasteiger partial charge in [0.25, 0.3) is 5.69 Å². The molecular weight excluding hydrogens is 252 g/mol. The zero-order valence-electron chi connectivity index (χ0n) is 10.2. The minimum atomic E-state index is -1.20. The van der Waals surface area contributed by atoms with Crippen molar-refractivity contribution in [3.8, 4) is 0 Å². The average molecular weight is 266 g/mol. The van der Waals surface area contributed by atoms with Crippen LogP contribution in [0.2, 0.25) is 0 Å². The van der Waals surface area contributed by atoms with Crippen molar-refractivity contribution in [1.29, 1.82) is 0 Å². The molecule has 0 heterocycles. The summed E-state index contributed by atoms with van der Waals surface area (Å²) in [4.78, 5) is 23.1. The Bertz CT molecular complexity index is 513. The van der Waals surface area contributed by atoms with Crippen molar-refractivity contribution in [3.63, 3.8) is 0 Å². The number of aromatic carboxylic acids is 1. The average Bonchev–Trinajstić information content (AvgIpc) is 3.19. The van der Waals surface area contributed by atoms with E-state index in [9.17, 15) is 14.9 Å². The van der Waals surface area contributed by atoms with Crippen LogP contribution in [0.15, 0.2) is 18.2 Å². The summed E-state index contributed by atoms with van der Waals surface area (Å²) in [5, 5.41) is 29.0. The van der Waals surface area contributed by atoms with E-state index in [1.807, 2.05) is 0 Å². The highest BCUT2D eigenvalue weighted by Crippen LogP contribution is 2.37. The van der Waals surface area contributed by atoms with E-state index in [1.54, 1.807) is 4.90 Å². The lowest BCUT2D eigenvalue weighted by Gasteiger charge is -2.23. The molecule has 0 aliphatic heterocycles. The third-order valence-corrected chi connectivity index (χ3v) is 3.06. The van der Waals surface area contributed by atoms with Crippen molar-refractivity contribution in [2.45, 2.75) is 18.9 Å². The molecule has 7 heteroatoms. The van der Waals surface area contributed by atoms with E-state index in [0.717, 1.165) is 18.9 Å². The van der Waals surface area contributed by atoms with Crippen LogP contribution in [0, 0.1) is 10.1 Å². The second kappa shape index (κ2) is 5.23. The van der Waals surface area contributed by atoms with E-state index < -0.39 is 10.9 Å². The number of hydrogen-bond acceptors (Lipinski definition) is 5. The normalized spacial score (nSPS) is 14.2. The van der Waals surface area contributed by atoms with Crippen LogP contribution in [0.25, 0.3) is 0 Å². The Morgan fingerprint density at radius 2 is 2.16 bits per heavy atom. The molecule has 19 heavy (non-hydrogen) atoms. The minimum Gasteiger partial charge on any atom is -0.478 e. The molecule has 102 valence electrons. The quantitative estimate of drug-likeness (QED) is 0.593. The summed E-state index contributed by atoms with van der Waals surface area (Å²) in [6.45, 7) is 0.201. The first kappa shape index (κ1) is 13.3. The Morgan fingerprint density at radius 1 is 1.47 bits per heavy atom. The number of anilines is 1. The van der Waals surface area contributed by atoms with Gasteiger partial charge in [-0.15, -0.1) is 0 Å². The van der Waals surface area contributed by atoms with Gasteiger partial charge in [-0.2, -0.15) is 0 Å². The first-order valence-corrected chi connectivity index (χ1v) is 5.94. The molecule has 0 aromatic heterocycles. The lowest BCUT2D eigenvalue weighted by molar-refractivity contribution is -0.384. The molecule has 2 rings (SSSR count). The lowest BCUT2D eigenvalue weighted by atomic mass is 10.1. The third kappa shape index (κ3) is 2.82. The summed E-state index contributed by atoms with van der Waals surface area (Å²) in [5.74, 6) is -1.20. The molecule has 7 nitrogen and oxygen atoms in total. The van der Waals surface area contributed by atoms with Gasteiger partial charge in [-0.1, -0.05) is 0 Å². The van der Waals surface area contributed by atoms with Gasteiger partial charge in [-0.3, -0.25) is 10.1 Å². The van der Waals surface area contributed by atoms with E-state index in [0.29, 0.717) is 12.2 Å². The summed E-state index contributed by atoms with van der Waals surface area (Å²) >= 11 is 0. The highest BCUT2D eigenvalue weighted by atomic mass is 16.6. The Labute approximate surface area is 109 Å². The summed E-state index contributed by atoms with van der Waals surface area (Å²) in [7, 11) is 0. The molecule has 0 saturated heterocycles. The van der Waals surface area contributed by atoms with Gasteiger partial charge in [0, 0.05) is 18.7 Å². The lowest BCUT2D eigenvalue weighted by Crippen LogP contribution is -2.29. The van der Waals surface area contributed by atoms with Crippen LogP contribution in [-0.2, 0) is 0 Å². The van der Waals surface area contributed by atoms with Crippen molar-refractivity contribution < 1.29 is 19.9 Å². The number of aliphatic hydroxyl groups excluding tert-OH is 1. The monoisotopic (exact) mass is 266 g/mol. The molecule has 0 spiro atoms. The van der Waals surface area contributed by atoms with E-state index in [-0.39, 0.29) is 23.9 Å². The molecule has 1 aliphatic rings. The van der Waals surface area contributed by atoms with Crippen LogP contribution in [0.1, 0.15) is 23.2 Å². The number of carboxylic acids is 1. The van der Waals surface area contributed by atoms with Crippen LogP contribution in [0.3, 0.4) is 0 Å². The molecule has 0 unspecified atom stereocenters. The SMILES string of the molecule is O=C(O)c1ccc(N(CCO)C2CC2)c([N+](=O)[O-])c1. The number of carbonyl (C=O) groups is 1. The number of nitrogens with zero attached hydrogens (tertiary/aromatic N) is 2. The van der Waals surface area contributed by atoms with Gasteiger partial charge in [-0.25, -0.2) is 4.79 Å². The molecular formula is C12H14N2O5. The Kier molecular flexibility index (Phi) is 3.66. The molecule has 2 N–H and O–H groups in total. The maximum absolute atomic E-state index is 11.1. The van der Waals surface area contributed by atoms with Gasteiger partial charge >= 0.3 is 5.97 Å². The van der Waals surface area contributed by atoms with Crippen molar-refractivity contribution in [2.75, 3.05) is 18.1 Å². The number of benzene rings is 1. The Morgan fingerprint density at radius 3 is 2.63 bits per heavy atom. The van der Waals surface area contributed by atoms with E-state index >= 15 is 0 Å².